The number of nitrogens with one attached hydrogen (secondary N) is 2. The van der Waals surface area contributed by atoms with Crippen LogP contribution in [-0.4, -0.2) is 104 Å². The summed E-state index contributed by atoms with van der Waals surface area (Å²) in [6.07, 6.45) is -5.91. The van der Waals surface area contributed by atoms with Gasteiger partial charge in [0.1, 0.15) is 12.2 Å². The molecule has 2 aliphatic rings. The molecule has 2 fully saturated rings. The Morgan fingerprint density at radius 2 is 1.24 bits per heavy atom. The summed E-state index contributed by atoms with van der Waals surface area (Å²) in [6, 6.07) is -0.674. The predicted octanol–water partition coefficient (Wildman–Crippen LogP) is -4.91. The first-order valence-electron chi connectivity index (χ1n) is 6.95. The van der Waals surface area contributed by atoms with Crippen LogP contribution in [0.25, 0.3) is 0 Å². The van der Waals surface area contributed by atoms with E-state index in [0.29, 0.717) is 6.54 Å². The summed E-state index contributed by atoms with van der Waals surface area (Å²) in [5, 5.41) is 68.7. The number of hydrogen-bond donors (Lipinski definition) is 9. The third-order valence-electron chi connectivity index (χ3n) is 3.85. The second-order valence-corrected chi connectivity index (χ2v) is 5.49. The number of β-amino-alcohol motifs (C(OH)–C–C–N with tert-alkyl or cyclic N) is 2. The van der Waals surface area contributed by atoms with Crippen LogP contribution in [0, 0.1) is 0 Å². The molecule has 0 amide bonds. The second kappa shape index (κ2) is 8.32. The number of aliphatic hydroxyl groups is 7. The summed E-state index contributed by atoms with van der Waals surface area (Å²) in [7, 11) is 0. The Morgan fingerprint density at radius 1 is 0.762 bits per heavy atom. The van der Waals surface area contributed by atoms with Crippen LogP contribution in [-0.2, 0) is 0 Å². The lowest BCUT2D eigenvalue weighted by atomic mass is 9.97. The molecule has 0 aliphatic carbocycles. The molecule has 9 N–H and O–H groups in total. The van der Waals surface area contributed by atoms with E-state index in [1.54, 1.807) is 6.92 Å². The summed E-state index contributed by atoms with van der Waals surface area (Å²) in [5.74, 6) is 0. The molecule has 0 radical (unpaired) electrons. The molecule has 0 aromatic carbocycles. The lowest BCUT2D eigenvalue weighted by molar-refractivity contribution is -0.101. The largest absolute Gasteiger partial charge is 0.395 e. The van der Waals surface area contributed by atoms with Gasteiger partial charge in [-0.2, -0.15) is 0 Å². The Hall–Kier alpha value is -0.360. The highest BCUT2D eigenvalue weighted by Gasteiger charge is 2.35. The maximum atomic E-state index is 9.18. The van der Waals surface area contributed by atoms with Crippen LogP contribution in [0.1, 0.15) is 6.92 Å². The van der Waals surface area contributed by atoms with Crippen LogP contribution in [0.3, 0.4) is 0 Å². The first-order chi connectivity index (χ1) is 9.79. The van der Waals surface area contributed by atoms with Crippen molar-refractivity contribution >= 4 is 0 Å². The molecule has 0 aromatic heterocycles. The van der Waals surface area contributed by atoms with Crippen molar-refractivity contribution < 1.29 is 35.7 Å². The van der Waals surface area contributed by atoms with Crippen LogP contribution < -0.4 is 10.6 Å². The fourth-order valence-electron chi connectivity index (χ4n) is 2.22. The average molecular weight is 310 g/mol. The van der Waals surface area contributed by atoms with Crippen molar-refractivity contribution in [3.63, 3.8) is 0 Å². The van der Waals surface area contributed by atoms with Gasteiger partial charge in [0.05, 0.1) is 37.1 Å². The molecule has 9 nitrogen and oxygen atoms in total. The highest BCUT2D eigenvalue weighted by Crippen LogP contribution is 2.10. The predicted molar refractivity (Wildman–Crippen MR) is 72.4 cm³/mol. The number of hydrogen-bond acceptors (Lipinski definition) is 9. The van der Waals surface area contributed by atoms with Crippen molar-refractivity contribution in [2.75, 3.05) is 19.7 Å². The minimum atomic E-state index is -1.16. The van der Waals surface area contributed by atoms with Gasteiger partial charge in [-0.05, 0) is 6.92 Å². The van der Waals surface area contributed by atoms with Crippen molar-refractivity contribution in [1.82, 2.24) is 10.6 Å². The maximum Gasteiger partial charge on any atom is 0.109 e. The minimum absolute atomic E-state index is 0.140. The Labute approximate surface area is 122 Å². The number of aliphatic hydroxyl groups excluding tert-OH is 7. The van der Waals surface area contributed by atoms with Crippen LogP contribution in [0.4, 0.5) is 0 Å². The van der Waals surface area contributed by atoms with E-state index in [1.165, 1.54) is 0 Å². The van der Waals surface area contributed by atoms with E-state index < -0.39 is 42.7 Å². The molecule has 8 atom stereocenters. The van der Waals surface area contributed by atoms with Gasteiger partial charge in [0.2, 0.25) is 0 Å². The Balaban J connectivity index is 0.000000211. The summed E-state index contributed by atoms with van der Waals surface area (Å²) in [4.78, 5) is 0. The second-order valence-electron chi connectivity index (χ2n) is 5.49. The van der Waals surface area contributed by atoms with E-state index in [-0.39, 0.29) is 19.2 Å². The van der Waals surface area contributed by atoms with Gasteiger partial charge in [0, 0.05) is 19.1 Å². The lowest BCUT2D eigenvalue weighted by Crippen LogP contribution is -2.60. The molecular formula is C12H26N2O7. The first kappa shape index (κ1) is 18.7. The highest BCUT2D eigenvalue weighted by molar-refractivity contribution is 4.91. The third-order valence-corrected chi connectivity index (χ3v) is 3.85. The first-order valence-corrected chi connectivity index (χ1v) is 6.95. The Morgan fingerprint density at radius 3 is 1.71 bits per heavy atom. The van der Waals surface area contributed by atoms with Crippen molar-refractivity contribution in [1.29, 1.82) is 0 Å². The van der Waals surface area contributed by atoms with Crippen molar-refractivity contribution in [2.45, 2.75) is 55.6 Å². The van der Waals surface area contributed by atoms with Gasteiger partial charge in [0.15, 0.2) is 0 Å². The van der Waals surface area contributed by atoms with E-state index in [4.69, 9.17) is 30.6 Å². The van der Waals surface area contributed by atoms with Crippen LogP contribution >= 0.6 is 0 Å². The van der Waals surface area contributed by atoms with E-state index in [1.807, 2.05) is 0 Å². The van der Waals surface area contributed by atoms with E-state index >= 15 is 0 Å². The van der Waals surface area contributed by atoms with Crippen molar-refractivity contribution in [2.24, 2.45) is 0 Å². The van der Waals surface area contributed by atoms with Gasteiger partial charge >= 0.3 is 0 Å². The number of rotatable bonds is 1. The fraction of sp³-hybridized carbons (Fsp3) is 1.00. The molecule has 5 unspecified atom stereocenters. The minimum Gasteiger partial charge on any atom is -0.395 e. The lowest BCUT2D eigenvalue weighted by Gasteiger charge is -2.34. The zero-order valence-corrected chi connectivity index (χ0v) is 11.9. The van der Waals surface area contributed by atoms with Gasteiger partial charge in [-0.25, -0.2) is 0 Å². The zero-order chi connectivity index (χ0) is 16.2. The molecule has 2 aliphatic heterocycles. The van der Waals surface area contributed by atoms with Crippen LogP contribution in [0.15, 0.2) is 0 Å². The molecule has 0 spiro atoms. The van der Waals surface area contributed by atoms with Gasteiger partial charge in [-0.3, -0.25) is 0 Å². The summed E-state index contributed by atoms with van der Waals surface area (Å²) < 4.78 is 0. The van der Waals surface area contributed by atoms with Crippen molar-refractivity contribution in [3.8, 4) is 0 Å². The quantitative estimate of drug-likeness (QED) is 0.231. The molecule has 2 rings (SSSR count). The van der Waals surface area contributed by atoms with Crippen LogP contribution in [0.2, 0.25) is 0 Å². The summed E-state index contributed by atoms with van der Waals surface area (Å²) in [5.41, 5.74) is 0. The Bertz CT molecular complexity index is 293. The highest BCUT2D eigenvalue weighted by atomic mass is 16.4. The molecule has 0 bridgehead atoms. The molecule has 126 valence electrons. The average Bonchev–Trinajstić information content (AvgIpc) is 2.48. The molecule has 21 heavy (non-hydrogen) atoms. The monoisotopic (exact) mass is 310 g/mol. The molecular weight excluding hydrogens is 284 g/mol. The molecule has 2 saturated heterocycles. The Kier molecular flexibility index (Phi) is 7.40. The smallest absolute Gasteiger partial charge is 0.109 e. The van der Waals surface area contributed by atoms with Gasteiger partial charge in [-0.1, -0.05) is 0 Å². The third kappa shape index (κ3) is 4.81. The zero-order valence-electron chi connectivity index (χ0n) is 11.9. The van der Waals surface area contributed by atoms with E-state index in [2.05, 4.69) is 10.6 Å². The number of piperidine rings is 2. The molecule has 0 saturated carbocycles. The SMILES string of the molecule is C[C@H]1NCC(O)C(O)C1O.OCC1NCC(O)[C@H](O)[C@H]1O. The topological polar surface area (TPSA) is 166 Å². The molecule has 9 heteroatoms. The van der Waals surface area contributed by atoms with Gasteiger partial charge < -0.3 is 46.4 Å². The van der Waals surface area contributed by atoms with Gasteiger partial charge in [-0.15, -0.1) is 0 Å². The molecule has 0 aromatic rings. The van der Waals surface area contributed by atoms with E-state index in [9.17, 15) is 5.11 Å². The normalized spacial score (nSPS) is 47.4. The standard InChI is InChI=1S/C6H13NO4.C6H13NO3/c8-2-3-5(10)6(11)4(9)1-7-3;1-3-5(9)6(10)4(8)2-7-3/h3-11H,1-2H2;3-10H,2H2,1H3/t3?,4?,5-,6-;3-,4?,5?,6?/m01/s1. The summed E-state index contributed by atoms with van der Waals surface area (Å²) in [6.45, 7) is 2.06. The van der Waals surface area contributed by atoms with Crippen molar-refractivity contribution in [3.05, 3.63) is 0 Å². The van der Waals surface area contributed by atoms with Crippen LogP contribution in [0.5, 0.6) is 0 Å². The summed E-state index contributed by atoms with van der Waals surface area (Å²) >= 11 is 0. The van der Waals surface area contributed by atoms with Gasteiger partial charge in [0.25, 0.3) is 0 Å². The maximum absolute atomic E-state index is 9.18. The molecule has 2 heterocycles. The van der Waals surface area contributed by atoms with E-state index in [0.717, 1.165) is 0 Å². The fourth-order valence-corrected chi connectivity index (χ4v) is 2.22.